The smallest absolute Gasteiger partial charge is 0.254 e. The molecule has 0 saturated carbocycles. The van der Waals surface area contributed by atoms with Crippen molar-refractivity contribution in [3.8, 4) is 0 Å². The summed E-state index contributed by atoms with van der Waals surface area (Å²) in [6.07, 6.45) is 2.55. The molecule has 4 heteroatoms. The van der Waals surface area contributed by atoms with E-state index in [0.717, 1.165) is 17.3 Å². The van der Waals surface area contributed by atoms with Crippen LogP contribution in [0, 0.1) is 0 Å². The van der Waals surface area contributed by atoms with Crippen LogP contribution in [0.3, 0.4) is 0 Å². The average molecular weight is 322 g/mol. The van der Waals surface area contributed by atoms with Crippen LogP contribution in [0.1, 0.15) is 15.9 Å². The first kappa shape index (κ1) is 15.6. The van der Waals surface area contributed by atoms with Crippen LogP contribution in [0.2, 0.25) is 0 Å². The predicted octanol–water partition coefficient (Wildman–Crippen LogP) is 3.84. The van der Waals surface area contributed by atoms with Gasteiger partial charge in [-0.1, -0.05) is 42.5 Å². The lowest BCUT2D eigenvalue weighted by Crippen LogP contribution is -2.29. The van der Waals surface area contributed by atoms with Gasteiger partial charge in [0.1, 0.15) is 0 Å². The predicted molar refractivity (Wildman–Crippen MR) is 96.1 cm³/mol. The molecule has 2 aromatic carbocycles. The molecule has 0 fully saturated rings. The molecule has 0 unspecified atom stereocenters. The Balaban J connectivity index is 1.78. The number of hydrogen-bond acceptors (Lipinski definition) is 3. The van der Waals surface area contributed by atoms with Gasteiger partial charge in [0.05, 0.1) is 11.1 Å². The van der Waals surface area contributed by atoms with Crippen molar-refractivity contribution in [2.75, 3.05) is 13.6 Å². The third-order valence-corrected chi connectivity index (χ3v) is 4.36. The first-order valence-corrected chi connectivity index (χ1v) is 7.97. The molecule has 1 amide bonds. The SMILES string of the molecule is CN(CCc1ccccc1)C(=O)c1ccc2cccnc2c1S. The zero-order valence-electron chi connectivity index (χ0n) is 12.9. The van der Waals surface area contributed by atoms with Crippen LogP contribution in [0.15, 0.2) is 65.7 Å². The zero-order chi connectivity index (χ0) is 16.2. The average Bonchev–Trinajstić information content (AvgIpc) is 2.60. The number of fused-ring (bicyclic) bond motifs is 1. The number of nitrogens with zero attached hydrogens (tertiary/aromatic N) is 2. The number of likely N-dealkylation sites (N-methyl/N-ethyl adjacent to an activating group) is 1. The van der Waals surface area contributed by atoms with Crippen molar-refractivity contribution in [1.29, 1.82) is 0 Å². The van der Waals surface area contributed by atoms with Crippen molar-refractivity contribution in [3.05, 3.63) is 71.9 Å². The van der Waals surface area contributed by atoms with E-state index in [-0.39, 0.29) is 5.91 Å². The second-order valence-electron chi connectivity index (χ2n) is 5.50. The van der Waals surface area contributed by atoms with Gasteiger partial charge >= 0.3 is 0 Å². The molecule has 1 heterocycles. The van der Waals surface area contributed by atoms with E-state index in [1.165, 1.54) is 5.56 Å². The van der Waals surface area contributed by atoms with Gasteiger partial charge in [-0.05, 0) is 24.1 Å². The maximum absolute atomic E-state index is 12.7. The molecule has 3 aromatic rings. The normalized spacial score (nSPS) is 10.7. The number of hydrogen-bond donors (Lipinski definition) is 1. The number of aromatic nitrogens is 1. The minimum atomic E-state index is -0.0292. The second kappa shape index (κ2) is 6.84. The van der Waals surface area contributed by atoms with Crippen molar-refractivity contribution in [1.82, 2.24) is 9.88 Å². The van der Waals surface area contributed by atoms with Crippen molar-refractivity contribution in [2.24, 2.45) is 0 Å². The second-order valence-corrected chi connectivity index (χ2v) is 5.95. The van der Waals surface area contributed by atoms with Crippen LogP contribution < -0.4 is 0 Å². The quantitative estimate of drug-likeness (QED) is 0.740. The minimum absolute atomic E-state index is 0.0292. The molecule has 0 aliphatic rings. The van der Waals surface area contributed by atoms with Crippen molar-refractivity contribution in [3.63, 3.8) is 0 Å². The van der Waals surface area contributed by atoms with Crippen molar-refractivity contribution < 1.29 is 4.79 Å². The number of thiol groups is 1. The molecule has 116 valence electrons. The molecular formula is C19H18N2OS. The summed E-state index contributed by atoms with van der Waals surface area (Å²) in [6, 6.07) is 17.8. The van der Waals surface area contributed by atoms with Gasteiger partial charge in [0.15, 0.2) is 0 Å². The van der Waals surface area contributed by atoms with E-state index in [1.807, 2.05) is 49.5 Å². The zero-order valence-corrected chi connectivity index (χ0v) is 13.8. The van der Waals surface area contributed by atoms with E-state index in [0.29, 0.717) is 17.0 Å². The van der Waals surface area contributed by atoms with Crippen LogP contribution in [0.5, 0.6) is 0 Å². The molecule has 0 N–H and O–H groups in total. The summed E-state index contributed by atoms with van der Waals surface area (Å²) in [7, 11) is 1.82. The Bertz CT molecular complexity index is 833. The Hall–Kier alpha value is -2.33. The maximum atomic E-state index is 12.7. The highest BCUT2D eigenvalue weighted by Crippen LogP contribution is 2.24. The van der Waals surface area contributed by atoms with Gasteiger partial charge in [-0.15, -0.1) is 12.6 Å². The molecule has 0 aliphatic heterocycles. The molecule has 23 heavy (non-hydrogen) atoms. The molecule has 0 spiro atoms. The Labute approximate surface area is 141 Å². The Morgan fingerprint density at radius 1 is 1.09 bits per heavy atom. The van der Waals surface area contributed by atoms with E-state index < -0.39 is 0 Å². The Morgan fingerprint density at radius 3 is 2.65 bits per heavy atom. The molecule has 0 bridgehead atoms. The van der Waals surface area contributed by atoms with E-state index in [9.17, 15) is 4.79 Å². The Morgan fingerprint density at radius 2 is 1.87 bits per heavy atom. The van der Waals surface area contributed by atoms with Crippen LogP contribution in [-0.4, -0.2) is 29.4 Å². The molecule has 3 nitrogen and oxygen atoms in total. The summed E-state index contributed by atoms with van der Waals surface area (Å²) < 4.78 is 0. The van der Waals surface area contributed by atoms with Crippen LogP contribution in [-0.2, 0) is 6.42 Å². The first-order valence-electron chi connectivity index (χ1n) is 7.53. The van der Waals surface area contributed by atoms with E-state index in [1.54, 1.807) is 11.1 Å². The molecule has 0 saturated heterocycles. The lowest BCUT2D eigenvalue weighted by Gasteiger charge is -2.18. The number of carbonyl (C=O) groups excluding carboxylic acids is 1. The number of benzene rings is 2. The lowest BCUT2D eigenvalue weighted by atomic mass is 10.1. The maximum Gasteiger partial charge on any atom is 0.254 e. The van der Waals surface area contributed by atoms with Gasteiger partial charge in [0.25, 0.3) is 5.91 Å². The van der Waals surface area contributed by atoms with Crippen LogP contribution >= 0.6 is 12.6 Å². The highest BCUT2D eigenvalue weighted by atomic mass is 32.1. The fourth-order valence-electron chi connectivity index (χ4n) is 2.55. The fraction of sp³-hybridized carbons (Fsp3) is 0.158. The van der Waals surface area contributed by atoms with E-state index >= 15 is 0 Å². The third-order valence-electron chi connectivity index (χ3n) is 3.90. The van der Waals surface area contributed by atoms with Crippen LogP contribution in [0.4, 0.5) is 0 Å². The number of rotatable bonds is 4. The van der Waals surface area contributed by atoms with E-state index in [4.69, 9.17) is 0 Å². The number of pyridine rings is 1. The lowest BCUT2D eigenvalue weighted by molar-refractivity contribution is 0.0793. The summed E-state index contributed by atoms with van der Waals surface area (Å²) in [4.78, 5) is 19.4. The van der Waals surface area contributed by atoms with E-state index in [2.05, 4.69) is 29.7 Å². The molecule has 3 rings (SSSR count). The fourth-order valence-corrected chi connectivity index (χ4v) is 2.91. The van der Waals surface area contributed by atoms with Crippen molar-refractivity contribution in [2.45, 2.75) is 11.3 Å². The van der Waals surface area contributed by atoms with Gasteiger partial charge in [-0.3, -0.25) is 9.78 Å². The van der Waals surface area contributed by atoms with Gasteiger partial charge < -0.3 is 4.90 Å². The van der Waals surface area contributed by atoms with Crippen molar-refractivity contribution >= 4 is 29.4 Å². The number of carbonyl (C=O) groups is 1. The highest BCUT2D eigenvalue weighted by Gasteiger charge is 2.16. The van der Waals surface area contributed by atoms with Gasteiger partial charge in [-0.2, -0.15) is 0 Å². The monoisotopic (exact) mass is 322 g/mol. The molecule has 0 radical (unpaired) electrons. The van der Waals surface area contributed by atoms with Gasteiger partial charge in [0, 0.05) is 30.1 Å². The highest BCUT2D eigenvalue weighted by molar-refractivity contribution is 7.80. The largest absolute Gasteiger partial charge is 0.341 e. The summed E-state index contributed by atoms with van der Waals surface area (Å²) >= 11 is 4.53. The summed E-state index contributed by atoms with van der Waals surface area (Å²) in [5.74, 6) is -0.0292. The third kappa shape index (κ3) is 3.37. The Kier molecular flexibility index (Phi) is 4.63. The summed E-state index contributed by atoms with van der Waals surface area (Å²) in [6.45, 7) is 0.663. The topological polar surface area (TPSA) is 33.2 Å². The van der Waals surface area contributed by atoms with Gasteiger partial charge in [-0.25, -0.2) is 0 Å². The summed E-state index contributed by atoms with van der Waals surface area (Å²) in [5.41, 5.74) is 2.58. The molecule has 0 atom stereocenters. The minimum Gasteiger partial charge on any atom is -0.341 e. The standard InChI is InChI=1S/C19H18N2OS/c1-21(13-11-14-6-3-2-4-7-14)19(22)16-10-9-15-8-5-12-20-17(15)18(16)23/h2-10,12,23H,11,13H2,1H3. The first-order chi connectivity index (χ1) is 11.2. The van der Waals surface area contributed by atoms with Gasteiger partial charge in [0.2, 0.25) is 0 Å². The molecule has 1 aromatic heterocycles. The molecule has 0 aliphatic carbocycles. The van der Waals surface area contributed by atoms with Crippen LogP contribution in [0.25, 0.3) is 10.9 Å². The number of amides is 1. The summed E-state index contributed by atoms with van der Waals surface area (Å²) in [5, 5.41) is 0.987. The molecular weight excluding hydrogens is 304 g/mol.